The van der Waals surface area contributed by atoms with Crippen molar-refractivity contribution in [1.29, 1.82) is 5.26 Å². The van der Waals surface area contributed by atoms with Crippen molar-refractivity contribution in [2.75, 3.05) is 39.8 Å². The minimum atomic E-state index is -0.576. The minimum absolute atomic E-state index is 0.0172. The highest BCUT2D eigenvalue weighted by Gasteiger charge is 2.52. The van der Waals surface area contributed by atoms with Crippen LogP contribution < -0.4 is 10.6 Å². The Labute approximate surface area is 207 Å². The zero-order valence-corrected chi connectivity index (χ0v) is 22.0. The maximum Gasteiger partial charge on any atom is 0.407 e. The second kappa shape index (κ2) is 14.3. The highest BCUT2D eigenvalue weighted by molar-refractivity contribution is 5.67. The first-order valence-electron chi connectivity index (χ1n) is 13.4. The maximum atomic E-state index is 12.0. The molecule has 0 bridgehead atoms. The number of hydrogen-bond donors (Lipinski definition) is 2. The lowest BCUT2D eigenvalue weighted by Crippen LogP contribution is -2.54. The van der Waals surface area contributed by atoms with Crippen LogP contribution in [0.1, 0.15) is 65.4 Å². The molecule has 2 N–H and O–H groups in total. The molecule has 3 fully saturated rings. The molecule has 1 saturated carbocycles. The highest BCUT2D eigenvalue weighted by atomic mass is 16.5. The van der Waals surface area contributed by atoms with Gasteiger partial charge in [0.25, 0.3) is 0 Å². The van der Waals surface area contributed by atoms with Crippen molar-refractivity contribution in [3.05, 3.63) is 35.9 Å². The Balaban J connectivity index is 0.000000970. The van der Waals surface area contributed by atoms with Crippen LogP contribution in [0.4, 0.5) is 4.79 Å². The fourth-order valence-electron chi connectivity index (χ4n) is 6.01. The molecule has 1 amide bonds. The molecular formula is C28H46N4O2. The Hall–Kier alpha value is -2.10. The van der Waals surface area contributed by atoms with E-state index in [2.05, 4.69) is 33.7 Å². The number of nitrogens with zero attached hydrogens (tertiary/aromatic N) is 2. The highest BCUT2D eigenvalue weighted by Crippen LogP contribution is 2.50. The van der Waals surface area contributed by atoms with Gasteiger partial charge in [-0.05, 0) is 56.2 Å². The summed E-state index contributed by atoms with van der Waals surface area (Å²) in [6, 6.07) is 13.1. The first-order valence-corrected chi connectivity index (χ1v) is 13.4. The number of carbonyl (C=O) groups excluding carboxylic acids is 1. The Morgan fingerprint density at radius 3 is 2.29 bits per heavy atom. The van der Waals surface area contributed by atoms with Crippen LogP contribution in [0.2, 0.25) is 0 Å². The number of piperidine rings is 1. The van der Waals surface area contributed by atoms with Crippen molar-refractivity contribution < 1.29 is 9.53 Å². The van der Waals surface area contributed by atoms with E-state index >= 15 is 0 Å². The summed E-state index contributed by atoms with van der Waals surface area (Å²) in [7, 11) is 1.40. The van der Waals surface area contributed by atoms with Crippen LogP contribution in [0.15, 0.2) is 30.3 Å². The summed E-state index contributed by atoms with van der Waals surface area (Å²) in [4.78, 5) is 14.6. The van der Waals surface area contributed by atoms with Crippen LogP contribution in [0.25, 0.3) is 0 Å². The van der Waals surface area contributed by atoms with E-state index in [1.807, 2.05) is 45.9 Å². The standard InChI is InChI=1S/C24H34N4O2.2C2H6/c1-30-23(29)27-22-9-5-8-21(22)24(17-25,19-6-3-2-4-7-19)20-10-12-28(13-11-20)16-18-14-26-15-18;2*1-2/h2-4,6-7,18,20-22,26H,5,8-16H2,1H3,(H,27,29);2*1-2H3. The molecule has 0 aromatic heterocycles. The van der Waals surface area contributed by atoms with Crippen LogP contribution in [-0.4, -0.2) is 56.9 Å². The number of likely N-dealkylation sites (tertiary alicyclic amines) is 1. The van der Waals surface area contributed by atoms with E-state index in [0.29, 0.717) is 5.92 Å². The van der Waals surface area contributed by atoms with Gasteiger partial charge in [-0.1, -0.05) is 64.4 Å². The van der Waals surface area contributed by atoms with Crippen LogP contribution in [-0.2, 0) is 10.2 Å². The van der Waals surface area contributed by atoms with Crippen LogP contribution in [0.3, 0.4) is 0 Å². The van der Waals surface area contributed by atoms with Crippen molar-refractivity contribution in [3.8, 4) is 6.07 Å². The lowest BCUT2D eigenvalue weighted by Gasteiger charge is -2.46. The lowest BCUT2D eigenvalue weighted by atomic mass is 9.59. The Morgan fingerprint density at radius 1 is 1.12 bits per heavy atom. The summed E-state index contributed by atoms with van der Waals surface area (Å²) in [5, 5.41) is 17.1. The number of rotatable bonds is 6. The second-order valence-corrected chi connectivity index (χ2v) is 9.23. The summed E-state index contributed by atoms with van der Waals surface area (Å²) < 4.78 is 4.88. The summed E-state index contributed by atoms with van der Waals surface area (Å²) in [5.74, 6) is 1.18. The van der Waals surface area contributed by atoms with Gasteiger partial charge in [0.05, 0.1) is 18.6 Å². The normalized spacial score (nSPS) is 24.7. The van der Waals surface area contributed by atoms with E-state index in [4.69, 9.17) is 4.74 Å². The van der Waals surface area contributed by atoms with E-state index < -0.39 is 11.5 Å². The molecule has 1 aromatic carbocycles. The molecule has 6 heteroatoms. The van der Waals surface area contributed by atoms with E-state index in [1.165, 1.54) is 13.7 Å². The number of amides is 1. The zero-order chi connectivity index (χ0) is 25.0. The number of nitriles is 1. The predicted octanol–water partition coefficient (Wildman–Crippen LogP) is 4.96. The number of methoxy groups -OCH3 is 1. The first kappa shape index (κ1) is 28.1. The van der Waals surface area contributed by atoms with Gasteiger partial charge in [-0.25, -0.2) is 4.79 Å². The number of carbonyl (C=O) groups is 1. The fourth-order valence-corrected chi connectivity index (χ4v) is 6.01. The summed E-state index contributed by atoms with van der Waals surface area (Å²) in [5.41, 5.74) is 0.533. The average molecular weight is 471 g/mol. The molecular weight excluding hydrogens is 424 g/mol. The molecule has 2 saturated heterocycles. The Bertz CT molecular complexity index is 753. The van der Waals surface area contributed by atoms with Crippen LogP contribution in [0.5, 0.6) is 0 Å². The molecule has 0 radical (unpaired) electrons. The average Bonchev–Trinajstić information content (AvgIpc) is 3.34. The van der Waals surface area contributed by atoms with Gasteiger partial charge in [0.2, 0.25) is 0 Å². The monoisotopic (exact) mass is 470 g/mol. The molecule has 2 aliphatic heterocycles. The Kier molecular flexibility index (Phi) is 11.9. The largest absolute Gasteiger partial charge is 0.453 e. The quantitative estimate of drug-likeness (QED) is 0.615. The van der Waals surface area contributed by atoms with Gasteiger partial charge in [0.1, 0.15) is 0 Å². The number of benzene rings is 1. The van der Waals surface area contributed by atoms with Gasteiger partial charge in [-0.3, -0.25) is 0 Å². The summed E-state index contributed by atoms with van der Waals surface area (Å²) >= 11 is 0. The molecule has 0 spiro atoms. The SMILES string of the molecule is CC.CC.COC(=O)NC1CCCC1C(C#N)(c1ccccc1)C1CCN(CC2CNC2)CC1. The summed E-state index contributed by atoms with van der Waals surface area (Å²) in [6.07, 6.45) is 4.57. The van der Waals surface area contributed by atoms with Crippen molar-refractivity contribution >= 4 is 6.09 Å². The van der Waals surface area contributed by atoms with E-state index in [9.17, 15) is 10.1 Å². The third kappa shape index (κ3) is 6.31. The Morgan fingerprint density at radius 2 is 1.76 bits per heavy atom. The van der Waals surface area contributed by atoms with E-state index in [-0.39, 0.29) is 12.0 Å². The summed E-state index contributed by atoms with van der Waals surface area (Å²) in [6.45, 7) is 13.5. The first-order chi connectivity index (χ1) is 16.7. The molecule has 3 aliphatic rings. The van der Waals surface area contributed by atoms with Gasteiger partial charge >= 0.3 is 6.09 Å². The molecule has 6 nitrogen and oxygen atoms in total. The number of hydrogen-bond acceptors (Lipinski definition) is 5. The lowest BCUT2D eigenvalue weighted by molar-refractivity contribution is 0.0906. The zero-order valence-electron chi connectivity index (χ0n) is 22.0. The smallest absolute Gasteiger partial charge is 0.407 e. The molecule has 34 heavy (non-hydrogen) atoms. The molecule has 2 heterocycles. The minimum Gasteiger partial charge on any atom is -0.453 e. The molecule has 4 rings (SSSR count). The van der Waals surface area contributed by atoms with Gasteiger partial charge in [0, 0.05) is 31.6 Å². The van der Waals surface area contributed by atoms with Crippen LogP contribution >= 0.6 is 0 Å². The maximum absolute atomic E-state index is 12.0. The molecule has 190 valence electrons. The van der Waals surface area contributed by atoms with Crippen molar-refractivity contribution in [2.24, 2.45) is 17.8 Å². The second-order valence-electron chi connectivity index (χ2n) is 9.23. The van der Waals surface area contributed by atoms with Gasteiger partial charge < -0.3 is 20.3 Å². The molecule has 3 atom stereocenters. The number of alkyl carbamates (subject to hydrolysis) is 1. The van der Waals surface area contributed by atoms with Crippen molar-refractivity contribution in [3.63, 3.8) is 0 Å². The van der Waals surface area contributed by atoms with E-state index in [1.54, 1.807) is 0 Å². The van der Waals surface area contributed by atoms with Gasteiger partial charge in [-0.2, -0.15) is 5.26 Å². The van der Waals surface area contributed by atoms with Crippen LogP contribution in [0, 0.1) is 29.1 Å². The van der Waals surface area contributed by atoms with Gasteiger partial charge in [0.15, 0.2) is 0 Å². The van der Waals surface area contributed by atoms with Crippen molar-refractivity contribution in [2.45, 2.75) is 71.3 Å². The number of ether oxygens (including phenoxy) is 1. The van der Waals surface area contributed by atoms with Crippen molar-refractivity contribution in [1.82, 2.24) is 15.5 Å². The van der Waals surface area contributed by atoms with E-state index in [0.717, 1.165) is 69.8 Å². The van der Waals surface area contributed by atoms with Gasteiger partial charge in [-0.15, -0.1) is 0 Å². The third-order valence-corrected chi connectivity index (χ3v) is 7.64. The fraction of sp³-hybridized carbons (Fsp3) is 0.714. The molecule has 3 unspecified atom stereocenters. The molecule has 1 aromatic rings. The third-order valence-electron chi connectivity index (χ3n) is 7.64. The molecule has 1 aliphatic carbocycles. The number of nitrogens with one attached hydrogen (secondary N) is 2. The topological polar surface area (TPSA) is 77.4 Å². The predicted molar refractivity (Wildman–Crippen MR) is 139 cm³/mol.